The van der Waals surface area contributed by atoms with E-state index in [0.29, 0.717) is 0 Å². The summed E-state index contributed by atoms with van der Waals surface area (Å²) in [6.07, 6.45) is 3.63. The molecule has 0 spiro atoms. The van der Waals surface area contributed by atoms with Gasteiger partial charge < -0.3 is 8.83 Å². The van der Waals surface area contributed by atoms with Gasteiger partial charge in [-0.25, -0.2) is 0 Å². The van der Waals surface area contributed by atoms with E-state index in [2.05, 4.69) is 125 Å². The minimum absolute atomic E-state index is 0.0290. The van der Waals surface area contributed by atoms with Crippen molar-refractivity contribution in [3.8, 4) is 22.3 Å². The van der Waals surface area contributed by atoms with E-state index in [0.717, 1.165) is 60.9 Å². The fourth-order valence-electron chi connectivity index (χ4n) is 6.89. The molecule has 0 aliphatic rings. The number of furan rings is 2. The molecule has 8 rings (SSSR count). The van der Waals surface area contributed by atoms with Crippen molar-refractivity contribution in [2.75, 3.05) is 0 Å². The predicted molar refractivity (Wildman–Crippen MR) is 188 cm³/mol. The zero-order chi connectivity index (χ0) is 30.2. The Kier molecular flexibility index (Phi) is 5.73. The fourth-order valence-corrected chi connectivity index (χ4v) is 6.89. The maximum atomic E-state index is 6.59. The summed E-state index contributed by atoms with van der Waals surface area (Å²) in [5, 5.41) is 7.98. The molecule has 0 amide bonds. The van der Waals surface area contributed by atoms with Crippen molar-refractivity contribution >= 4 is 66.6 Å². The molecule has 0 unspecified atom stereocenters. The normalized spacial score (nSPS) is 12.2. The van der Waals surface area contributed by atoms with E-state index >= 15 is 0 Å². The summed E-state index contributed by atoms with van der Waals surface area (Å²) >= 11 is 0. The zero-order valence-corrected chi connectivity index (χ0v) is 25.2. The van der Waals surface area contributed by atoms with Crippen molar-refractivity contribution in [2.24, 2.45) is 0 Å². The van der Waals surface area contributed by atoms with Crippen LogP contribution in [0.4, 0.5) is 0 Å². The maximum absolute atomic E-state index is 6.59. The van der Waals surface area contributed by atoms with Crippen LogP contribution in [0.5, 0.6) is 0 Å². The molecule has 6 aromatic carbocycles. The van der Waals surface area contributed by atoms with Gasteiger partial charge in [-0.05, 0) is 50.7 Å². The number of hydrogen-bond donors (Lipinski definition) is 0. The number of benzene rings is 6. The van der Waals surface area contributed by atoms with Gasteiger partial charge in [0, 0.05) is 44.0 Å². The lowest BCUT2D eigenvalue weighted by molar-refractivity contribution is 0.591. The molecule has 0 atom stereocenters. The highest BCUT2D eigenvalue weighted by Gasteiger charge is 2.24. The van der Waals surface area contributed by atoms with Crippen molar-refractivity contribution in [1.82, 2.24) is 0 Å². The third-order valence-corrected chi connectivity index (χ3v) is 9.01. The Bertz CT molecular complexity index is 2460. The average Bonchev–Trinajstić information content (AvgIpc) is 3.61. The molecule has 0 fully saturated rings. The van der Waals surface area contributed by atoms with Crippen LogP contribution in [0, 0.1) is 0 Å². The first-order chi connectivity index (χ1) is 21.4. The monoisotopic (exact) mass is 568 g/mol. The lowest BCUT2D eigenvalue weighted by Gasteiger charge is -2.23. The lowest BCUT2D eigenvalue weighted by Crippen LogP contribution is -2.10. The van der Waals surface area contributed by atoms with Crippen LogP contribution in [-0.4, -0.2) is 0 Å². The van der Waals surface area contributed by atoms with Crippen LogP contribution in [0.15, 0.2) is 125 Å². The van der Waals surface area contributed by atoms with Crippen molar-refractivity contribution in [3.05, 3.63) is 133 Å². The van der Waals surface area contributed by atoms with E-state index in [-0.39, 0.29) is 5.41 Å². The first-order valence-electron chi connectivity index (χ1n) is 15.1. The van der Waals surface area contributed by atoms with E-state index in [1.165, 1.54) is 32.7 Å². The minimum atomic E-state index is -0.0290. The zero-order valence-electron chi connectivity index (χ0n) is 25.2. The molecule has 44 heavy (non-hydrogen) atoms. The summed E-state index contributed by atoms with van der Waals surface area (Å²) in [7, 11) is 0. The number of fused-ring (bicyclic) bond motifs is 6. The maximum Gasteiger partial charge on any atom is 0.143 e. The van der Waals surface area contributed by atoms with E-state index in [4.69, 9.17) is 8.83 Å². The molecule has 0 saturated carbocycles. The molecule has 2 heterocycles. The van der Waals surface area contributed by atoms with Crippen LogP contribution in [0.25, 0.3) is 88.9 Å². The fraction of sp³-hybridized carbons (Fsp3) is 0.0952. The van der Waals surface area contributed by atoms with E-state index in [1.807, 2.05) is 18.2 Å². The summed E-state index contributed by atoms with van der Waals surface area (Å²) in [6, 6.07) is 36.9. The Labute approximate surface area is 256 Å². The summed E-state index contributed by atoms with van der Waals surface area (Å²) in [5.74, 6) is 0.736. The number of hydrogen-bond acceptors (Lipinski definition) is 2. The van der Waals surface area contributed by atoms with Crippen LogP contribution < -0.4 is 0 Å². The molecule has 0 N–H and O–H groups in total. The highest BCUT2D eigenvalue weighted by molar-refractivity contribution is 6.25. The van der Waals surface area contributed by atoms with Crippen LogP contribution in [0.2, 0.25) is 0 Å². The van der Waals surface area contributed by atoms with Gasteiger partial charge in [-0.1, -0.05) is 131 Å². The van der Waals surface area contributed by atoms with E-state index in [1.54, 1.807) is 6.08 Å². The van der Waals surface area contributed by atoms with Crippen LogP contribution in [0.1, 0.15) is 37.7 Å². The van der Waals surface area contributed by atoms with Crippen molar-refractivity contribution < 1.29 is 8.83 Å². The highest BCUT2D eigenvalue weighted by atomic mass is 16.3. The third kappa shape index (κ3) is 3.74. The summed E-state index contributed by atoms with van der Waals surface area (Å²) in [4.78, 5) is 0. The van der Waals surface area contributed by atoms with Crippen molar-refractivity contribution in [3.63, 3.8) is 0 Å². The Morgan fingerprint density at radius 2 is 1.09 bits per heavy atom. The second kappa shape index (κ2) is 9.59. The van der Waals surface area contributed by atoms with Gasteiger partial charge in [-0.15, -0.1) is 0 Å². The van der Waals surface area contributed by atoms with Crippen LogP contribution in [-0.2, 0) is 5.41 Å². The smallest absolute Gasteiger partial charge is 0.143 e. The first kappa shape index (κ1) is 26.3. The molecule has 2 nitrogen and oxygen atoms in total. The molecule has 0 bridgehead atoms. The van der Waals surface area contributed by atoms with E-state index < -0.39 is 0 Å². The topological polar surface area (TPSA) is 26.3 Å². The second-order valence-corrected chi connectivity index (χ2v) is 12.6. The Hall–Kier alpha value is -5.34. The molecular weight excluding hydrogens is 536 g/mol. The molecule has 8 aromatic rings. The van der Waals surface area contributed by atoms with Crippen LogP contribution >= 0.6 is 0 Å². The molecule has 0 aliphatic heterocycles. The quantitative estimate of drug-likeness (QED) is 0.197. The van der Waals surface area contributed by atoms with Gasteiger partial charge in [0.05, 0.1) is 0 Å². The molecule has 2 heteroatoms. The SMILES string of the molecule is C=Cc1oc2c(-c3c4ccccc4c(-c4cccc5c4oc4ccccc45)c4ccc(C(C)(C)C)cc34)cccc2c1C=C. The number of rotatable bonds is 4. The number of para-hydroxylation sites is 3. The molecule has 2 aromatic heterocycles. The van der Waals surface area contributed by atoms with Gasteiger partial charge in [0.25, 0.3) is 0 Å². The largest absolute Gasteiger partial charge is 0.455 e. The molecule has 0 aliphatic carbocycles. The summed E-state index contributed by atoms with van der Waals surface area (Å²) in [5.41, 5.74) is 9.35. The van der Waals surface area contributed by atoms with Crippen molar-refractivity contribution in [1.29, 1.82) is 0 Å². The van der Waals surface area contributed by atoms with Gasteiger partial charge >= 0.3 is 0 Å². The molecule has 0 saturated heterocycles. The average molecular weight is 569 g/mol. The van der Waals surface area contributed by atoms with Crippen LogP contribution in [0.3, 0.4) is 0 Å². The van der Waals surface area contributed by atoms with Crippen molar-refractivity contribution in [2.45, 2.75) is 26.2 Å². The van der Waals surface area contributed by atoms with Gasteiger partial charge in [0.1, 0.15) is 22.5 Å². The molecule has 212 valence electrons. The Morgan fingerprint density at radius 1 is 0.523 bits per heavy atom. The van der Waals surface area contributed by atoms with Gasteiger partial charge in [-0.3, -0.25) is 0 Å². The molecule has 0 radical (unpaired) electrons. The minimum Gasteiger partial charge on any atom is -0.455 e. The first-order valence-corrected chi connectivity index (χ1v) is 15.1. The Morgan fingerprint density at radius 3 is 1.75 bits per heavy atom. The van der Waals surface area contributed by atoms with Gasteiger partial charge in [0.15, 0.2) is 0 Å². The highest BCUT2D eigenvalue weighted by Crippen LogP contribution is 2.49. The standard InChI is InChI=1S/C42H32O2/c1-6-26-31-17-12-20-34(40(31)43-36(26)7-2)39-29-16-9-8-15-28(29)38(30-23-22-25(24-35(30)39)42(3,4)5)33-19-13-18-32-27-14-10-11-21-37(27)44-41(32)33/h6-24H,1-2H2,3-5H3. The summed E-state index contributed by atoms with van der Waals surface area (Å²) in [6.45, 7) is 14.9. The summed E-state index contributed by atoms with van der Waals surface area (Å²) < 4.78 is 13.1. The Balaban J connectivity index is 1.58. The van der Waals surface area contributed by atoms with E-state index in [9.17, 15) is 0 Å². The van der Waals surface area contributed by atoms with Gasteiger partial charge in [0.2, 0.25) is 0 Å². The third-order valence-electron chi connectivity index (χ3n) is 9.01. The molecular formula is C42H32O2. The lowest BCUT2D eigenvalue weighted by atomic mass is 9.81. The van der Waals surface area contributed by atoms with Gasteiger partial charge in [-0.2, -0.15) is 0 Å². The second-order valence-electron chi connectivity index (χ2n) is 12.6. The predicted octanol–water partition coefficient (Wildman–Crippen LogP) is 12.6.